The lowest BCUT2D eigenvalue weighted by atomic mass is 9.99. The van der Waals surface area contributed by atoms with E-state index in [9.17, 15) is 4.79 Å². The number of carbonyl (C=O) groups excluding carboxylic acids is 1. The summed E-state index contributed by atoms with van der Waals surface area (Å²) in [6.07, 6.45) is 2.48. The van der Waals surface area contributed by atoms with Crippen molar-refractivity contribution in [3.63, 3.8) is 0 Å². The van der Waals surface area contributed by atoms with Crippen LogP contribution in [-0.2, 0) is 9.53 Å². The van der Waals surface area contributed by atoms with Crippen LogP contribution in [-0.4, -0.2) is 50.7 Å². The van der Waals surface area contributed by atoms with E-state index in [4.69, 9.17) is 4.74 Å². The fourth-order valence-electron chi connectivity index (χ4n) is 1.79. The highest BCUT2D eigenvalue weighted by Crippen LogP contribution is 2.49. The summed E-state index contributed by atoms with van der Waals surface area (Å²) in [7, 11) is 3.56. The number of hydrogen-bond donors (Lipinski definition) is 1. The van der Waals surface area contributed by atoms with Crippen molar-refractivity contribution in [1.29, 1.82) is 0 Å². The Morgan fingerprint density at radius 2 is 2.19 bits per heavy atom. The van der Waals surface area contributed by atoms with Gasteiger partial charge in [-0.25, -0.2) is 0 Å². The summed E-state index contributed by atoms with van der Waals surface area (Å²) in [5.74, 6) is 0.164. The molecule has 4 nitrogen and oxygen atoms in total. The van der Waals surface area contributed by atoms with Crippen molar-refractivity contribution in [3.8, 4) is 0 Å². The second kappa shape index (κ2) is 5.64. The molecule has 1 aliphatic rings. The number of hydrogen-bond acceptors (Lipinski definition) is 3. The first kappa shape index (κ1) is 13.5. The number of carbonyl (C=O) groups is 1. The summed E-state index contributed by atoms with van der Waals surface area (Å²) < 4.78 is 4.91. The third kappa shape index (κ3) is 3.46. The minimum atomic E-state index is 0.164. The quantitative estimate of drug-likeness (QED) is 0.657. The van der Waals surface area contributed by atoms with E-state index < -0.39 is 0 Å². The Morgan fingerprint density at radius 3 is 2.69 bits per heavy atom. The van der Waals surface area contributed by atoms with Crippen LogP contribution in [0.4, 0.5) is 0 Å². The third-order valence-electron chi connectivity index (χ3n) is 3.78. The molecule has 0 aromatic carbocycles. The number of nitrogens with one attached hydrogen (secondary N) is 1. The average molecular weight is 228 g/mol. The molecule has 0 aromatic heterocycles. The summed E-state index contributed by atoms with van der Waals surface area (Å²) >= 11 is 0. The lowest BCUT2D eigenvalue weighted by Crippen LogP contribution is -2.44. The molecule has 0 saturated heterocycles. The van der Waals surface area contributed by atoms with Crippen LogP contribution < -0.4 is 5.32 Å². The molecule has 94 valence electrons. The molecule has 1 unspecified atom stereocenters. The number of amides is 1. The van der Waals surface area contributed by atoms with E-state index in [-0.39, 0.29) is 5.91 Å². The van der Waals surface area contributed by atoms with E-state index in [2.05, 4.69) is 19.2 Å². The lowest BCUT2D eigenvalue weighted by Gasteiger charge is -2.30. The van der Waals surface area contributed by atoms with E-state index in [1.165, 1.54) is 12.8 Å². The molecule has 0 bridgehead atoms. The van der Waals surface area contributed by atoms with Crippen LogP contribution in [0.15, 0.2) is 0 Å². The minimum Gasteiger partial charge on any atom is -0.383 e. The molecule has 16 heavy (non-hydrogen) atoms. The molecule has 1 atom stereocenters. The van der Waals surface area contributed by atoms with Crippen LogP contribution in [0.25, 0.3) is 0 Å². The largest absolute Gasteiger partial charge is 0.383 e. The maximum Gasteiger partial charge on any atom is 0.236 e. The SMILES string of the molecule is COCCNCC(=O)N(C)C(C)C1(C)CC1. The third-order valence-corrected chi connectivity index (χ3v) is 3.78. The fraction of sp³-hybridized carbons (Fsp3) is 0.917. The molecule has 1 aliphatic carbocycles. The molecule has 0 aromatic rings. The summed E-state index contributed by atoms with van der Waals surface area (Å²) in [5.41, 5.74) is 0.358. The van der Waals surface area contributed by atoms with E-state index >= 15 is 0 Å². The molecule has 1 fully saturated rings. The summed E-state index contributed by atoms with van der Waals surface area (Å²) in [5, 5.41) is 3.08. The van der Waals surface area contributed by atoms with Crippen molar-refractivity contribution in [3.05, 3.63) is 0 Å². The van der Waals surface area contributed by atoms with Gasteiger partial charge < -0.3 is 15.0 Å². The first-order chi connectivity index (χ1) is 7.51. The predicted octanol–water partition coefficient (Wildman–Crippen LogP) is 0.869. The molecule has 0 radical (unpaired) electrons. The summed E-state index contributed by atoms with van der Waals surface area (Å²) in [6.45, 7) is 6.16. The molecular formula is C12H24N2O2. The Kier molecular flexibility index (Phi) is 4.74. The van der Waals surface area contributed by atoms with Crippen molar-refractivity contribution in [2.45, 2.75) is 32.7 Å². The second-order valence-corrected chi connectivity index (χ2v) is 5.00. The van der Waals surface area contributed by atoms with E-state index in [0.717, 1.165) is 6.54 Å². The Morgan fingerprint density at radius 1 is 1.56 bits per heavy atom. The van der Waals surface area contributed by atoms with Gasteiger partial charge in [-0.1, -0.05) is 6.92 Å². The Hall–Kier alpha value is -0.610. The smallest absolute Gasteiger partial charge is 0.236 e. The van der Waals surface area contributed by atoms with Crippen molar-refractivity contribution in [2.24, 2.45) is 5.41 Å². The zero-order valence-electron chi connectivity index (χ0n) is 10.9. The summed E-state index contributed by atoms with van der Waals surface area (Å²) in [6, 6.07) is 0.337. The minimum absolute atomic E-state index is 0.164. The van der Waals surface area contributed by atoms with Gasteiger partial charge in [-0.2, -0.15) is 0 Å². The zero-order valence-corrected chi connectivity index (χ0v) is 10.9. The molecule has 1 amide bonds. The van der Waals surface area contributed by atoms with Crippen molar-refractivity contribution < 1.29 is 9.53 Å². The van der Waals surface area contributed by atoms with Gasteiger partial charge in [0.25, 0.3) is 0 Å². The monoisotopic (exact) mass is 228 g/mol. The number of likely N-dealkylation sites (N-methyl/N-ethyl adjacent to an activating group) is 1. The molecule has 4 heteroatoms. The van der Waals surface area contributed by atoms with Crippen LogP contribution in [0.1, 0.15) is 26.7 Å². The topological polar surface area (TPSA) is 41.6 Å². The van der Waals surface area contributed by atoms with Crippen LogP contribution in [0.5, 0.6) is 0 Å². The van der Waals surface area contributed by atoms with Crippen LogP contribution in [0, 0.1) is 5.41 Å². The van der Waals surface area contributed by atoms with Gasteiger partial charge in [-0.05, 0) is 25.2 Å². The molecule has 0 spiro atoms. The normalized spacial score (nSPS) is 19.2. The van der Waals surface area contributed by atoms with Crippen molar-refractivity contribution in [1.82, 2.24) is 10.2 Å². The molecule has 1 N–H and O–H groups in total. The van der Waals surface area contributed by atoms with E-state index in [1.54, 1.807) is 7.11 Å². The van der Waals surface area contributed by atoms with Gasteiger partial charge in [0.1, 0.15) is 0 Å². The Labute approximate surface area is 98.3 Å². The highest BCUT2D eigenvalue weighted by molar-refractivity contribution is 5.78. The Balaban J connectivity index is 2.24. The molecule has 1 saturated carbocycles. The first-order valence-corrected chi connectivity index (χ1v) is 5.96. The van der Waals surface area contributed by atoms with Gasteiger partial charge >= 0.3 is 0 Å². The van der Waals surface area contributed by atoms with Crippen LogP contribution in [0.2, 0.25) is 0 Å². The standard InChI is InChI=1S/C12H24N2O2/c1-10(12(2)5-6-12)14(3)11(15)9-13-7-8-16-4/h10,13H,5-9H2,1-4H3. The van der Waals surface area contributed by atoms with Gasteiger partial charge in [0, 0.05) is 26.7 Å². The molecule has 1 rings (SSSR count). The van der Waals surface area contributed by atoms with Gasteiger partial charge in [-0.15, -0.1) is 0 Å². The van der Waals surface area contributed by atoms with Crippen molar-refractivity contribution in [2.75, 3.05) is 33.9 Å². The van der Waals surface area contributed by atoms with E-state index in [1.807, 2.05) is 11.9 Å². The first-order valence-electron chi connectivity index (χ1n) is 5.96. The second-order valence-electron chi connectivity index (χ2n) is 5.00. The van der Waals surface area contributed by atoms with Crippen LogP contribution in [0.3, 0.4) is 0 Å². The lowest BCUT2D eigenvalue weighted by molar-refractivity contribution is -0.131. The number of nitrogens with zero attached hydrogens (tertiary/aromatic N) is 1. The van der Waals surface area contributed by atoms with Gasteiger partial charge in [-0.3, -0.25) is 4.79 Å². The maximum atomic E-state index is 11.8. The van der Waals surface area contributed by atoms with Crippen molar-refractivity contribution >= 4 is 5.91 Å². The predicted molar refractivity (Wildman–Crippen MR) is 64.3 cm³/mol. The molecule has 0 aliphatic heterocycles. The highest BCUT2D eigenvalue weighted by atomic mass is 16.5. The maximum absolute atomic E-state index is 11.8. The van der Waals surface area contributed by atoms with Gasteiger partial charge in [0.2, 0.25) is 5.91 Å². The van der Waals surface area contributed by atoms with Crippen LogP contribution >= 0.6 is 0 Å². The molecular weight excluding hydrogens is 204 g/mol. The van der Waals surface area contributed by atoms with Gasteiger partial charge in [0.15, 0.2) is 0 Å². The summed E-state index contributed by atoms with van der Waals surface area (Å²) in [4.78, 5) is 13.7. The highest BCUT2D eigenvalue weighted by Gasteiger charge is 2.45. The number of rotatable bonds is 7. The number of ether oxygens (including phenoxy) is 1. The van der Waals surface area contributed by atoms with E-state index in [0.29, 0.717) is 24.6 Å². The molecule has 0 heterocycles. The number of methoxy groups -OCH3 is 1. The van der Waals surface area contributed by atoms with Gasteiger partial charge in [0.05, 0.1) is 13.2 Å². The average Bonchev–Trinajstić information content (AvgIpc) is 3.01. The zero-order chi connectivity index (χ0) is 12.2. The Bertz CT molecular complexity index is 239. The fourth-order valence-corrected chi connectivity index (χ4v) is 1.79.